The van der Waals surface area contributed by atoms with Crippen LogP contribution in [0.3, 0.4) is 0 Å². The van der Waals surface area contributed by atoms with E-state index < -0.39 is 33.7 Å². The van der Waals surface area contributed by atoms with E-state index in [9.17, 15) is 23.1 Å². The molecule has 0 saturated heterocycles. The lowest BCUT2D eigenvalue weighted by atomic mass is 9.86. The van der Waals surface area contributed by atoms with Crippen molar-refractivity contribution in [2.75, 3.05) is 5.32 Å². The first-order chi connectivity index (χ1) is 20.0. The lowest BCUT2D eigenvalue weighted by Gasteiger charge is -2.42. The summed E-state index contributed by atoms with van der Waals surface area (Å²) in [7, 11) is -4.02. The van der Waals surface area contributed by atoms with Gasteiger partial charge in [0.2, 0.25) is 10.0 Å². The van der Waals surface area contributed by atoms with E-state index in [2.05, 4.69) is 10.0 Å². The van der Waals surface area contributed by atoms with Crippen molar-refractivity contribution in [3.63, 3.8) is 0 Å². The molecule has 1 aliphatic heterocycles. The summed E-state index contributed by atoms with van der Waals surface area (Å²) in [5.41, 5.74) is 2.01. The minimum absolute atomic E-state index is 0.0702. The Labute approximate surface area is 245 Å². The SMILES string of the molecule is CCc1ccc(S(=O)(=O)N[C@@H]2c3cc(C(=O)Nc4ccc(C(=O)c5ccccc5)cc4)ccc3OC(C)(C)[C@H]2O)cc1. The molecule has 42 heavy (non-hydrogen) atoms. The van der Waals surface area contributed by atoms with Crippen molar-refractivity contribution < 1.29 is 27.9 Å². The first-order valence-corrected chi connectivity index (χ1v) is 15.1. The molecule has 0 saturated carbocycles. The minimum atomic E-state index is -4.02. The van der Waals surface area contributed by atoms with Crippen LogP contribution in [0.2, 0.25) is 0 Å². The molecular formula is C33H32N2O6S. The average molecular weight is 585 g/mol. The molecule has 0 spiro atoms. The number of hydrogen-bond acceptors (Lipinski definition) is 6. The number of aliphatic hydroxyl groups excluding tert-OH is 1. The second-order valence-electron chi connectivity index (χ2n) is 10.7. The van der Waals surface area contributed by atoms with Gasteiger partial charge in [-0.2, -0.15) is 0 Å². The van der Waals surface area contributed by atoms with Gasteiger partial charge in [0.1, 0.15) is 17.5 Å². The van der Waals surface area contributed by atoms with Crippen molar-refractivity contribution in [1.29, 1.82) is 0 Å². The van der Waals surface area contributed by atoms with E-state index in [0.29, 0.717) is 28.1 Å². The number of nitrogens with one attached hydrogen (secondary N) is 2. The van der Waals surface area contributed by atoms with Crippen LogP contribution in [0, 0.1) is 0 Å². The van der Waals surface area contributed by atoms with Crippen LogP contribution in [0.4, 0.5) is 5.69 Å². The Kier molecular flexibility index (Phi) is 8.01. The number of amides is 1. The molecule has 0 unspecified atom stereocenters. The van der Waals surface area contributed by atoms with Gasteiger partial charge in [0.15, 0.2) is 5.78 Å². The first kappa shape index (κ1) is 29.2. The van der Waals surface area contributed by atoms with E-state index in [1.165, 1.54) is 18.2 Å². The van der Waals surface area contributed by atoms with Gasteiger partial charge in [0.25, 0.3) is 5.91 Å². The molecule has 4 aromatic rings. The highest BCUT2D eigenvalue weighted by Gasteiger charge is 2.44. The number of carbonyl (C=O) groups excluding carboxylic acids is 2. The summed E-state index contributed by atoms with van der Waals surface area (Å²) in [6, 6.07) is 25.6. The molecule has 5 rings (SSSR count). The van der Waals surface area contributed by atoms with Crippen LogP contribution in [-0.2, 0) is 16.4 Å². The van der Waals surface area contributed by atoms with Gasteiger partial charge in [-0.3, -0.25) is 9.59 Å². The molecule has 1 aliphatic rings. The molecule has 1 heterocycles. The normalized spacial score (nSPS) is 17.5. The highest BCUT2D eigenvalue weighted by molar-refractivity contribution is 7.89. The number of carbonyl (C=O) groups is 2. The van der Waals surface area contributed by atoms with Crippen molar-refractivity contribution in [3.05, 3.63) is 125 Å². The van der Waals surface area contributed by atoms with E-state index in [4.69, 9.17) is 4.74 Å². The van der Waals surface area contributed by atoms with Crippen molar-refractivity contribution >= 4 is 27.4 Å². The molecule has 1 amide bonds. The average Bonchev–Trinajstić information content (AvgIpc) is 2.99. The maximum atomic E-state index is 13.3. The predicted molar refractivity (Wildman–Crippen MR) is 160 cm³/mol. The summed E-state index contributed by atoms with van der Waals surface area (Å²) in [5, 5.41) is 14.0. The van der Waals surface area contributed by atoms with Gasteiger partial charge < -0.3 is 15.2 Å². The minimum Gasteiger partial charge on any atom is -0.485 e. The zero-order chi connectivity index (χ0) is 30.1. The zero-order valence-electron chi connectivity index (χ0n) is 23.5. The number of hydrogen-bond donors (Lipinski definition) is 3. The molecule has 0 bridgehead atoms. The fraction of sp³-hybridized carbons (Fsp3) is 0.212. The van der Waals surface area contributed by atoms with Crippen LogP contribution in [0.5, 0.6) is 5.75 Å². The fourth-order valence-electron chi connectivity index (χ4n) is 4.87. The van der Waals surface area contributed by atoms with Crippen molar-refractivity contribution in [3.8, 4) is 5.75 Å². The van der Waals surface area contributed by atoms with Gasteiger partial charge in [0, 0.05) is 27.9 Å². The third kappa shape index (κ3) is 5.99. The monoisotopic (exact) mass is 584 g/mol. The van der Waals surface area contributed by atoms with Gasteiger partial charge in [-0.15, -0.1) is 0 Å². The summed E-state index contributed by atoms with van der Waals surface area (Å²) in [5.74, 6) is -0.213. The van der Waals surface area contributed by atoms with Crippen LogP contribution in [-0.4, -0.2) is 36.9 Å². The van der Waals surface area contributed by atoms with Crippen LogP contribution in [0.15, 0.2) is 102 Å². The van der Waals surface area contributed by atoms with E-state index in [1.54, 1.807) is 86.6 Å². The molecule has 0 aliphatic carbocycles. The Balaban J connectivity index is 1.38. The van der Waals surface area contributed by atoms with Gasteiger partial charge in [-0.05, 0) is 80.4 Å². The zero-order valence-corrected chi connectivity index (χ0v) is 24.3. The lowest BCUT2D eigenvalue weighted by molar-refractivity contribution is -0.0603. The highest BCUT2D eigenvalue weighted by atomic mass is 32.2. The molecule has 2 atom stereocenters. The molecule has 3 N–H and O–H groups in total. The Morgan fingerprint density at radius 3 is 2.12 bits per heavy atom. The summed E-state index contributed by atoms with van der Waals surface area (Å²) < 4.78 is 35.3. The van der Waals surface area contributed by atoms with E-state index in [-0.39, 0.29) is 16.2 Å². The number of rotatable bonds is 8. The number of fused-ring (bicyclic) bond motifs is 1. The second-order valence-corrected chi connectivity index (χ2v) is 12.4. The lowest BCUT2D eigenvalue weighted by Crippen LogP contribution is -2.53. The van der Waals surface area contributed by atoms with Crippen LogP contribution in [0.25, 0.3) is 0 Å². The molecule has 216 valence electrons. The molecule has 0 radical (unpaired) electrons. The predicted octanol–water partition coefficient (Wildman–Crippen LogP) is 5.28. The number of aryl methyl sites for hydroxylation is 1. The Bertz CT molecular complexity index is 1720. The Morgan fingerprint density at radius 1 is 0.857 bits per heavy atom. The number of anilines is 1. The van der Waals surface area contributed by atoms with E-state index in [1.807, 2.05) is 13.0 Å². The maximum Gasteiger partial charge on any atom is 0.255 e. The number of aliphatic hydroxyl groups is 1. The molecule has 0 aromatic heterocycles. The molecule has 0 fully saturated rings. The smallest absolute Gasteiger partial charge is 0.255 e. The number of sulfonamides is 1. The van der Waals surface area contributed by atoms with Gasteiger partial charge in [-0.25, -0.2) is 13.1 Å². The maximum absolute atomic E-state index is 13.3. The fourth-order valence-corrected chi connectivity index (χ4v) is 6.09. The van der Waals surface area contributed by atoms with Crippen molar-refractivity contribution in [2.45, 2.75) is 49.8 Å². The van der Waals surface area contributed by atoms with E-state index >= 15 is 0 Å². The molecule has 4 aromatic carbocycles. The summed E-state index contributed by atoms with van der Waals surface area (Å²) >= 11 is 0. The van der Waals surface area contributed by atoms with Crippen molar-refractivity contribution in [2.24, 2.45) is 0 Å². The summed E-state index contributed by atoms with van der Waals surface area (Å²) in [4.78, 5) is 26.0. The number of ether oxygens (including phenoxy) is 1. The standard InChI is InChI=1S/C33H32N2O6S/c1-4-21-10-17-26(18-11-21)42(39,40)35-29-27-20-24(14-19-28(27)41-33(2,3)31(29)37)32(38)34-25-15-12-23(13-16-25)30(36)22-8-6-5-7-9-22/h5-20,29,31,35,37H,4H2,1-3H3,(H,34,38)/t29-,31+/m1/s1. The van der Waals surface area contributed by atoms with Crippen LogP contribution in [0.1, 0.15) is 64.2 Å². The van der Waals surface area contributed by atoms with Crippen molar-refractivity contribution in [1.82, 2.24) is 4.72 Å². The van der Waals surface area contributed by atoms with Crippen LogP contribution < -0.4 is 14.8 Å². The third-order valence-corrected chi connectivity index (χ3v) is 8.83. The summed E-state index contributed by atoms with van der Waals surface area (Å²) in [6.45, 7) is 5.32. The topological polar surface area (TPSA) is 122 Å². The third-order valence-electron chi connectivity index (χ3n) is 7.37. The second kappa shape index (κ2) is 11.5. The number of benzene rings is 4. The number of ketones is 1. The van der Waals surface area contributed by atoms with Gasteiger partial charge in [-0.1, -0.05) is 49.4 Å². The van der Waals surface area contributed by atoms with Gasteiger partial charge >= 0.3 is 0 Å². The first-order valence-electron chi connectivity index (χ1n) is 13.6. The Morgan fingerprint density at radius 2 is 1.48 bits per heavy atom. The molecule has 8 nitrogen and oxygen atoms in total. The van der Waals surface area contributed by atoms with Gasteiger partial charge in [0.05, 0.1) is 10.9 Å². The van der Waals surface area contributed by atoms with Crippen LogP contribution >= 0.6 is 0 Å². The molecular weight excluding hydrogens is 552 g/mol. The Hall–Kier alpha value is -4.31. The molecule has 9 heteroatoms. The highest BCUT2D eigenvalue weighted by Crippen LogP contribution is 2.41. The quantitative estimate of drug-likeness (QED) is 0.242. The summed E-state index contributed by atoms with van der Waals surface area (Å²) in [6.07, 6.45) is -0.475. The van der Waals surface area contributed by atoms with E-state index in [0.717, 1.165) is 12.0 Å². The largest absolute Gasteiger partial charge is 0.485 e.